The van der Waals surface area contributed by atoms with E-state index in [1.54, 1.807) is 0 Å². The molecule has 0 aliphatic carbocycles. The van der Waals surface area contributed by atoms with Crippen molar-refractivity contribution in [3.8, 4) is 0 Å². The second-order valence-corrected chi connectivity index (χ2v) is 5.74. The Morgan fingerprint density at radius 2 is 1.00 bits per heavy atom. The topological polar surface area (TPSA) is 0 Å². The van der Waals surface area contributed by atoms with Crippen LogP contribution in [0, 0.1) is 19.8 Å². The van der Waals surface area contributed by atoms with Crippen LogP contribution in [-0.4, -0.2) is 0 Å². The normalized spacial score (nSPS) is 12.8. The predicted molar refractivity (Wildman–Crippen MR) is 84.5 cm³/mol. The molecule has 0 saturated heterocycles. The lowest BCUT2D eigenvalue weighted by molar-refractivity contribution is 0.394. The number of unbranched alkanes of at least 4 members (excludes halogenated alkanes) is 9. The van der Waals surface area contributed by atoms with E-state index in [1.807, 2.05) is 0 Å². The summed E-state index contributed by atoms with van der Waals surface area (Å²) in [5.41, 5.74) is 0. The molecule has 0 heterocycles. The summed E-state index contributed by atoms with van der Waals surface area (Å²) < 4.78 is 0. The molecule has 0 rings (SSSR count). The van der Waals surface area contributed by atoms with Crippen molar-refractivity contribution in [1.29, 1.82) is 0 Å². The van der Waals surface area contributed by atoms with E-state index in [2.05, 4.69) is 20.8 Å². The monoisotopic (exact) mass is 252 g/mol. The summed E-state index contributed by atoms with van der Waals surface area (Å²) in [6.45, 7) is 10.2. The Labute approximate surface area is 117 Å². The number of rotatable bonds is 14. The fourth-order valence-corrected chi connectivity index (χ4v) is 2.66. The van der Waals surface area contributed by atoms with Gasteiger partial charge in [0.2, 0.25) is 0 Å². The molecule has 0 fully saturated rings. The number of hydrogen-bond acceptors (Lipinski definition) is 0. The van der Waals surface area contributed by atoms with Crippen molar-refractivity contribution in [1.82, 2.24) is 0 Å². The average molecular weight is 252 g/mol. The Bertz CT molecular complexity index is 139. The smallest absolute Gasteiger partial charge is 0.0417 e. The third-order valence-corrected chi connectivity index (χ3v) is 4.05. The van der Waals surface area contributed by atoms with Crippen LogP contribution in [-0.2, 0) is 0 Å². The van der Waals surface area contributed by atoms with Crippen LogP contribution in [0.2, 0.25) is 0 Å². The van der Waals surface area contributed by atoms with E-state index >= 15 is 0 Å². The summed E-state index contributed by atoms with van der Waals surface area (Å²) in [6, 6.07) is 0. The lowest BCUT2D eigenvalue weighted by Gasteiger charge is -2.14. The molecule has 0 saturated carbocycles. The van der Waals surface area contributed by atoms with Gasteiger partial charge in [0, 0.05) is 0 Å². The van der Waals surface area contributed by atoms with Gasteiger partial charge in [-0.3, -0.25) is 0 Å². The van der Waals surface area contributed by atoms with Crippen molar-refractivity contribution in [3.05, 3.63) is 13.8 Å². The molecule has 0 aliphatic heterocycles. The second-order valence-electron chi connectivity index (χ2n) is 5.74. The zero-order chi connectivity index (χ0) is 13.5. The van der Waals surface area contributed by atoms with E-state index in [1.165, 1.54) is 77.0 Å². The van der Waals surface area contributed by atoms with Crippen LogP contribution >= 0.6 is 0 Å². The molecule has 0 N–H and O–H groups in total. The summed E-state index contributed by atoms with van der Waals surface area (Å²) in [5, 5.41) is 0. The summed E-state index contributed by atoms with van der Waals surface area (Å²) in [7, 11) is 0. The van der Waals surface area contributed by atoms with Gasteiger partial charge in [0.25, 0.3) is 0 Å². The van der Waals surface area contributed by atoms with E-state index < -0.39 is 0 Å². The van der Waals surface area contributed by atoms with Gasteiger partial charge < -0.3 is 0 Å². The molecule has 2 radical (unpaired) electrons. The van der Waals surface area contributed by atoms with Gasteiger partial charge in [-0.25, -0.2) is 0 Å². The first-order valence-electron chi connectivity index (χ1n) is 8.43. The molecule has 108 valence electrons. The molecule has 0 aromatic rings. The summed E-state index contributed by atoms with van der Waals surface area (Å²) in [6.07, 6.45) is 19.2. The Hall–Kier alpha value is 0. The molecule has 1 atom stereocenters. The first-order valence-corrected chi connectivity index (χ1v) is 8.43. The van der Waals surface area contributed by atoms with Gasteiger partial charge in [-0.2, -0.15) is 0 Å². The van der Waals surface area contributed by atoms with Crippen molar-refractivity contribution in [2.24, 2.45) is 5.92 Å². The van der Waals surface area contributed by atoms with Crippen LogP contribution in [0.4, 0.5) is 0 Å². The van der Waals surface area contributed by atoms with Crippen LogP contribution < -0.4 is 0 Å². The third-order valence-electron chi connectivity index (χ3n) is 4.05. The summed E-state index contributed by atoms with van der Waals surface area (Å²) in [5.74, 6) is 0.995. The molecule has 0 aliphatic rings. The highest BCUT2D eigenvalue weighted by Crippen LogP contribution is 2.21. The molecule has 1 unspecified atom stereocenters. The Balaban J connectivity index is 3.27. The summed E-state index contributed by atoms with van der Waals surface area (Å²) >= 11 is 0. The van der Waals surface area contributed by atoms with Crippen molar-refractivity contribution >= 4 is 0 Å². The minimum Gasteiger partial charge on any atom is -0.0651 e. The maximum atomic E-state index is 3.91. The van der Waals surface area contributed by atoms with Gasteiger partial charge in [-0.1, -0.05) is 111 Å². The van der Waals surface area contributed by atoms with Crippen LogP contribution in [0.25, 0.3) is 0 Å². The van der Waals surface area contributed by atoms with Crippen LogP contribution in [0.15, 0.2) is 0 Å². The van der Waals surface area contributed by atoms with E-state index in [0.29, 0.717) is 0 Å². The lowest BCUT2D eigenvalue weighted by Crippen LogP contribution is -1.99. The summed E-state index contributed by atoms with van der Waals surface area (Å²) in [4.78, 5) is 0. The first-order chi connectivity index (χ1) is 8.85. The maximum Gasteiger partial charge on any atom is -0.0417 e. The maximum absolute atomic E-state index is 3.91. The molecule has 0 nitrogen and oxygen atoms in total. The molecule has 0 amide bonds. The van der Waals surface area contributed by atoms with E-state index in [-0.39, 0.29) is 0 Å². The van der Waals surface area contributed by atoms with Crippen molar-refractivity contribution < 1.29 is 0 Å². The van der Waals surface area contributed by atoms with Crippen LogP contribution in [0.5, 0.6) is 0 Å². The van der Waals surface area contributed by atoms with Crippen molar-refractivity contribution in [3.63, 3.8) is 0 Å². The van der Waals surface area contributed by atoms with Gasteiger partial charge >= 0.3 is 0 Å². The second kappa shape index (κ2) is 15.1. The van der Waals surface area contributed by atoms with Gasteiger partial charge in [0.1, 0.15) is 0 Å². The van der Waals surface area contributed by atoms with Gasteiger partial charge in [0.15, 0.2) is 0 Å². The Morgan fingerprint density at radius 1 is 0.611 bits per heavy atom. The van der Waals surface area contributed by atoms with Crippen molar-refractivity contribution in [2.75, 3.05) is 0 Å². The van der Waals surface area contributed by atoms with E-state index in [9.17, 15) is 0 Å². The Kier molecular flexibility index (Phi) is 15.1. The molecule has 0 spiro atoms. The average Bonchev–Trinajstić information content (AvgIpc) is 2.40. The fraction of sp³-hybridized carbons (Fsp3) is 0.889. The highest BCUT2D eigenvalue weighted by Gasteiger charge is 2.05. The molecule has 0 heteroatoms. The highest BCUT2D eigenvalue weighted by atomic mass is 14.1. The third kappa shape index (κ3) is 12.5. The molecule has 0 aromatic heterocycles. The first kappa shape index (κ1) is 18.0. The van der Waals surface area contributed by atoms with Crippen molar-refractivity contribution in [2.45, 2.75) is 96.8 Å². The fourth-order valence-electron chi connectivity index (χ4n) is 2.66. The molecular weight excluding hydrogens is 216 g/mol. The van der Waals surface area contributed by atoms with Gasteiger partial charge in [-0.05, 0) is 5.92 Å². The van der Waals surface area contributed by atoms with Crippen LogP contribution in [0.1, 0.15) is 96.8 Å². The van der Waals surface area contributed by atoms with Gasteiger partial charge in [0.05, 0.1) is 0 Å². The largest absolute Gasteiger partial charge is 0.0651 e. The van der Waals surface area contributed by atoms with Gasteiger partial charge in [-0.15, -0.1) is 0 Å². The van der Waals surface area contributed by atoms with E-state index in [0.717, 1.165) is 18.8 Å². The lowest BCUT2D eigenvalue weighted by atomic mass is 9.92. The highest BCUT2D eigenvalue weighted by molar-refractivity contribution is 4.59. The predicted octanol–water partition coefficient (Wildman–Crippen LogP) is 6.75. The molecule has 0 bridgehead atoms. The molecular formula is C18H36. The Morgan fingerprint density at radius 3 is 1.44 bits per heavy atom. The zero-order valence-electron chi connectivity index (χ0n) is 12.9. The molecule has 0 aromatic carbocycles. The number of hydrogen-bond donors (Lipinski definition) is 0. The molecule has 18 heavy (non-hydrogen) atoms. The zero-order valence-corrected chi connectivity index (χ0v) is 12.9. The minimum atomic E-state index is 0.995. The standard InChI is InChI=1S/C18H36/c1-4-7-9-11-12-13-15-17-18(6-3)16-14-10-8-5-2/h18H,1-2,4-17H2,3H3. The van der Waals surface area contributed by atoms with E-state index in [4.69, 9.17) is 0 Å². The van der Waals surface area contributed by atoms with Crippen LogP contribution in [0.3, 0.4) is 0 Å². The minimum absolute atomic E-state index is 0.995. The quantitative estimate of drug-likeness (QED) is 0.300. The SMILES string of the molecule is [CH2]CCCCCCCCC(CC)CCCCC[CH2].